The standard InChI is InChI=1S/C24H27ClN4O2/c1-5-28(16-21(30)26-24(2,3)4)23(31)20-15-29(19-9-7-6-8-10-19)27-22(20)17-11-13-18(25)14-12-17/h6-15H,5,16H2,1-4H3,(H,26,30). The van der Waals surface area contributed by atoms with Gasteiger partial charge >= 0.3 is 0 Å². The van der Waals surface area contributed by atoms with E-state index in [1.54, 1.807) is 23.0 Å². The van der Waals surface area contributed by atoms with Gasteiger partial charge in [-0.1, -0.05) is 41.9 Å². The van der Waals surface area contributed by atoms with E-state index in [-0.39, 0.29) is 23.9 Å². The van der Waals surface area contributed by atoms with Gasteiger partial charge in [-0.15, -0.1) is 0 Å². The van der Waals surface area contributed by atoms with Crippen LogP contribution < -0.4 is 5.32 Å². The Balaban J connectivity index is 1.99. The van der Waals surface area contributed by atoms with Gasteiger partial charge in [0.05, 0.1) is 17.8 Å². The summed E-state index contributed by atoms with van der Waals surface area (Å²) in [4.78, 5) is 27.4. The summed E-state index contributed by atoms with van der Waals surface area (Å²) in [6, 6.07) is 16.8. The number of benzene rings is 2. The minimum atomic E-state index is -0.369. The number of carbonyl (C=O) groups is 2. The lowest BCUT2D eigenvalue weighted by Crippen LogP contribution is -2.47. The van der Waals surface area contributed by atoms with Crippen molar-refractivity contribution >= 4 is 23.4 Å². The van der Waals surface area contributed by atoms with Crippen LogP contribution in [0.1, 0.15) is 38.1 Å². The normalized spacial score (nSPS) is 11.3. The zero-order valence-corrected chi connectivity index (χ0v) is 19.0. The summed E-state index contributed by atoms with van der Waals surface area (Å²) in [5.74, 6) is -0.454. The number of hydrogen-bond acceptors (Lipinski definition) is 3. The topological polar surface area (TPSA) is 67.2 Å². The second-order valence-electron chi connectivity index (χ2n) is 8.30. The first-order valence-corrected chi connectivity index (χ1v) is 10.6. The van der Waals surface area contributed by atoms with Crippen LogP contribution in [0.25, 0.3) is 16.9 Å². The number of halogens is 1. The van der Waals surface area contributed by atoms with Gasteiger partial charge in [0.1, 0.15) is 5.69 Å². The zero-order chi connectivity index (χ0) is 22.6. The molecule has 2 amide bonds. The molecule has 0 aliphatic heterocycles. The van der Waals surface area contributed by atoms with Crippen molar-refractivity contribution in [2.75, 3.05) is 13.1 Å². The van der Waals surface area contributed by atoms with Crippen LogP contribution in [0.15, 0.2) is 60.8 Å². The molecule has 0 bridgehead atoms. The highest BCUT2D eigenvalue weighted by molar-refractivity contribution is 6.30. The van der Waals surface area contributed by atoms with Crippen molar-refractivity contribution in [3.8, 4) is 16.9 Å². The lowest BCUT2D eigenvalue weighted by molar-refractivity contribution is -0.123. The molecule has 6 nitrogen and oxygen atoms in total. The summed E-state index contributed by atoms with van der Waals surface area (Å²) >= 11 is 6.04. The van der Waals surface area contributed by atoms with Gasteiger partial charge in [0.2, 0.25) is 5.91 Å². The maximum atomic E-state index is 13.4. The summed E-state index contributed by atoms with van der Waals surface area (Å²) in [7, 11) is 0. The summed E-state index contributed by atoms with van der Waals surface area (Å²) in [6.07, 6.45) is 1.71. The average Bonchev–Trinajstić information content (AvgIpc) is 3.17. The van der Waals surface area contributed by atoms with Crippen LogP contribution in [0, 0.1) is 0 Å². The number of rotatable bonds is 6. The predicted octanol–water partition coefficient (Wildman–Crippen LogP) is 4.57. The van der Waals surface area contributed by atoms with Gasteiger partial charge in [-0.3, -0.25) is 9.59 Å². The largest absolute Gasteiger partial charge is 0.350 e. The molecular weight excluding hydrogens is 412 g/mol. The second-order valence-corrected chi connectivity index (χ2v) is 8.73. The Labute approximate surface area is 187 Å². The first kappa shape index (κ1) is 22.6. The summed E-state index contributed by atoms with van der Waals surface area (Å²) in [5, 5.41) is 8.19. The fourth-order valence-corrected chi connectivity index (χ4v) is 3.32. The molecule has 0 spiro atoms. The molecule has 0 unspecified atom stereocenters. The minimum Gasteiger partial charge on any atom is -0.350 e. The molecule has 31 heavy (non-hydrogen) atoms. The number of amides is 2. The number of likely N-dealkylation sites (N-methyl/N-ethyl adjacent to an activating group) is 1. The highest BCUT2D eigenvalue weighted by atomic mass is 35.5. The van der Waals surface area contributed by atoms with Crippen molar-refractivity contribution in [2.24, 2.45) is 0 Å². The Kier molecular flexibility index (Phi) is 6.81. The van der Waals surface area contributed by atoms with E-state index in [0.29, 0.717) is 22.8 Å². The fraction of sp³-hybridized carbons (Fsp3) is 0.292. The molecule has 162 valence electrons. The van der Waals surface area contributed by atoms with Gasteiger partial charge in [-0.25, -0.2) is 4.68 Å². The van der Waals surface area contributed by atoms with Gasteiger partial charge < -0.3 is 10.2 Å². The van der Waals surface area contributed by atoms with Crippen LogP contribution in [0.4, 0.5) is 0 Å². The molecule has 3 aromatic rings. The van der Waals surface area contributed by atoms with Crippen LogP contribution in [-0.4, -0.2) is 45.1 Å². The van der Waals surface area contributed by atoms with Gasteiger partial charge in [0.15, 0.2) is 0 Å². The third kappa shape index (κ3) is 5.73. The molecule has 7 heteroatoms. The molecule has 3 rings (SSSR count). The van der Waals surface area contributed by atoms with E-state index in [9.17, 15) is 9.59 Å². The van der Waals surface area contributed by atoms with Crippen molar-refractivity contribution in [3.05, 3.63) is 71.4 Å². The van der Waals surface area contributed by atoms with E-state index in [0.717, 1.165) is 11.3 Å². The maximum absolute atomic E-state index is 13.4. The first-order chi connectivity index (χ1) is 14.7. The first-order valence-electron chi connectivity index (χ1n) is 10.2. The Morgan fingerprint density at radius 1 is 1.06 bits per heavy atom. The average molecular weight is 439 g/mol. The monoisotopic (exact) mass is 438 g/mol. The van der Waals surface area contributed by atoms with Crippen LogP contribution in [0.3, 0.4) is 0 Å². The summed E-state index contributed by atoms with van der Waals surface area (Å²) in [5.41, 5.74) is 2.21. The Bertz CT molecular complexity index is 1050. The van der Waals surface area contributed by atoms with Crippen LogP contribution in [0.2, 0.25) is 5.02 Å². The van der Waals surface area contributed by atoms with Crippen molar-refractivity contribution in [3.63, 3.8) is 0 Å². The van der Waals surface area contributed by atoms with E-state index in [1.807, 2.05) is 70.2 Å². The van der Waals surface area contributed by atoms with Crippen LogP contribution in [0.5, 0.6) is 0 Å². The number of para-hydroxylation sites is 1. The molecule has 0 saturated heterocycles. The van der Waals surface area contributed by atoms with Crippen molar-refractivity contribution in [1.29, 1.82) is 0 Å². The smallest absolute Gasteiger partial charge is 0.258 e. The van der Waals surface area contributed by atoms with Gasteiger partial charge in [-0.05, 0) is 52.0 Å². The number of hydrogen-bond donors (Lipinski definition) is 1. The van der Waals surface area contributed by atoms with Crippen molar-refractivity contribution in [1.82, 2.24) is 20.0 Å². The van der Waals surface area contributed by atoms with E-state index in [1.165, 1.54) is 4.90 Å². The van der Waals surface area contributed by atoms with Crippen LogP contribution in [-0.2, 0) is 4.79 Å². The third-order valence-electron chi connectivity index (χ3n) is 4.60. The quantitative estimate of drug-likeness (QED) is 0.613. The van der Waals surface area contributed by atoms with Gasteiger partial charge in [-0.2, -0.15) is 5.10 Å². The molecule has 0 aliphatic carbocycles. The van der Waals surface area contributed by atoms with E-state index in [4.69, 9.17) is 11.6 Å². The highest BCUT2D eigenvalue weighted by Crippen LogP contribution is 2.26. The van der Waals surface area contributed by atoms with Crippen LogP contribution >= 0.6 is 11.6 Å². The molecule has 2 aromatic carbocycles. The summed E-state index contributed by atoms with van der Waals surface area (Å²) < 4.78 is 1.68. The summed E-state index contributed by atoms with van der Waals surface area (Å²) in [6.45, 7) is 7.95. The van der Waals surface area contributed by atoms with E-state index < -0.39 is 0 Å². The van der Waals surface area contributed by atoms with E-state index >= 15 is 0 Å². The maximum Gasteiger partial charge on any atom is 0.258 e. The lowest BCUT2D eigenvalue weighted by Gasteiger charge is -2.25. The number of nitrogens with one attached hydrogen (secondary N) is 1. The molecule has 0 aliphatic rings. The zero-order valence-electron chi connectivity index (χ0n) is 18.2. The highest BCUT2D eigenvalue weighted by Gasteiger charge is 2.25. The van der Waals surface area contributed by atoms with E-state index in [2.05, 4.69) is 10.4 Å². The second kappa shape index (κ2) is 9.35. The fourth-order valence-electron chi connectivity index (χ4n) is 3.19. The molecule has 0 radical (unpaired) electrons. The van der Waals surface area contributed by atoms with Crippen molar-refractivity contribution in [2.45, 2.75) is 33.2 Å². The SMILES string of the molecule is CCN(CC(=O)NC(C)(C)C)C(=O)c1cn(-c2ccccc2)nc1-c1ccc(Cl)cc1. The third-order valence-corrected chi connectivity index (χ3v) is 4.85. The van der Waals surface area contributed by atoms with Gasteiger partial charge in [0, 0.05) is 28.9 Å². The Morgan fingerprint density at radius 2 is 1.71 bits per heavy atom. The Morgan fingerprint density at radius 3 is 2.29 bits per heavy atom. The lowest BCUT2D eigenvalue weighted by atomic mass is 10.1. The molecule has 1 heterocycles. The molecular formula is C24H27ClN4O2. The molecule has 1 aromatic heterocycles. The number of nitrogens with zero attached hydrogens (tertiary/aromatic N) is 3. The molecule has 0 fully saturated rings. The number of aromatic nitrogens is 2. The molecule has 0 atom stereocenters. The Hall–Kier alpha value is -3.12. The predicted molar refractivity (Wildman–Crippen MR) is 123 cm³/mol. The van der Waals surface area contributed by atoms with Crippen molar-refractivity contribution < 1.29 is 9.59 Å². The number of carbonyl (C=O) groups excluding carboxylic acids is 2. The molecule has 0 saturated carbocycles. The molecule has 1 N–H and O–H groups in total. The van der Waals surface area contributed by atoms with Gasteiger partial charge in [0.25, 0.3) is 5.91 Å². The minimum absolute atomic E-state index is 0.0246.